The summed E-state index contributed by atoms with van der Waals surface area (Å²) in [7, 11) is 5.20. The summed E-state index contributed by atoms with van der Waals surface area (Å²) in [5, 5.41) is 10.2. The molecule has 0 saturated carbocycles. The molecule has 148 valence electrons. The van der Waals surface area contributed by atoms with Crippen molar-refractivity contribution in [2.24, 2.45) is 13.0 Å². The van der Waals surface area contributed by atoms with Gasteiger partial charge in [0.25, 0.3) is 0 Å². The number of carbonyl (C=O) groups is 1. The Morgan fingerprint density at radius 3 is 2.52 bits per heavy atom. The van der Waals surface area contributed by atoms with Crippen LogP contribution in [0.4, 0.5) is 0 Å². The Labute approximate surface area is 161 Å². The van der Waals surface area contributed by atoms with Gasteiger partial charge in [-0.3, -0.25) is 9.48 Å². The molecule has 1 amide bonds. The van der Waals surface area contributed by atoms with E-state index in [-0.39, 0.29) is 11.9 Å². The van der Waals surface area contributed by atoms with Crippen LogP contribution in [0.3, 0.4) is 0 Å². The Bertz CT molecular complexity index is 757. The molecule has 0 saturated heterocycles. The summed E-state index contributed by atoms with van der Waals surface area (Å²) in [6.07, 6.45) is 3.52. The van der Waals surface area contributed by atoms with E-state index in [1.807, 2.05) is 38.4 Å². The first-order chi connectivity index (χ1) is 12.8. The molecule has 0 aliphatic carbocycles. The highest BCUT2D eigenvalue weighted by molar-refractivity contribution is 5.83. The van der Waals surface area contributed by atoms with Crippen LogP contribution in [-0.4, -0.2) is 36.5 Å². The Kier molecular flexibility index (Phi) is 7.24. The second-order valence-corrected chi connectivity index (χ2v) is 7.01. The van der Waals surface area contributed by atoms with Crippen molar-refractivity contribution in [1.82, 2.24) is 20.4 Å². The molecule has 2 aromatic rings. The Hall–Kier alpha value is -2.54. The number of methoxy groups -OCH3 is 1. The van der Waals surface area contributed by atoms with Gasteiger partial charge in [0.2, 0.25) is 5.91 Å². The first-order valence-corrected chi connectivity index (χ1v) is 9.12. The number of nitrogens with zero attached hydrogens (tertiary/aromatic N) is 2. The minimum atomic E-state index is -0.461. The zero-order chi connectivity index (χ0) is 20.0. The molecule has 0 aliphatic heterocycles. The summed E-state index contributed by atoms with van der Waals surface area (Å²) in [5.41, 5.74) is 1.76. The van der Waals surface area contributed by atoms with E-state index < -0.39 is 6.04 Å². The molecule has 0 spiro atoms. The molecule has 27 heavy (non-hydrogen) atoms. The quantitative estimate of drug-likeness (QED) is 0.705. The standard InChI is InChI=1S/C20H30N4O3/c1-13(2)12-27-17-8-7-15(9-18(17)26-6)14(3)23-20(25)19(21-4)16-10-22-24(5)11-16/h7-11,13-14,19,21H,12H2,1-6H3,(H,23,25). The third-order valence-corrected chi connectivity index (χ3v) is 4.23. The maximum absolute atomic E-state index is 12.7. The zero-order valence-corrected chi connectivity index (χ0v) is 16.9. The zero-order valence-electron chi connectivity index (χ0n) is 16.9. The van der Waals surface area contributed by atoms with E-state index in [0.717, 1.165) is 11.1 Å². The summed E-state index contributed by atoms with van der Waals surface area (Å²) in [4.78, 5) is 12.7. The summed E-state index contributed by atoms with van der Waals surface area (Å²) in [5.74, 6) is 1.68. The molecule has 1 aromatic carbocycles. The van der Waals surface area contributed by atoms with Gasteiger partial charge in [0.15, 0.2) is 11.5 Å². The lowest BCUT2D eigenvalue weighted by Crippen LogP contribution is -2.37. The van der Waals surface area contributed by atoms with E-state index in [1.54, 1.807) is 25.0 Å². The molecule has 7 heteroatoms. The molecule has 1 heterocycles. The number of likely N-dealkylation sites (N-methyl/N-ethyl adjacent to an activating group) is 1. The lowest BCUT2D eigenvalue weighted by Gasteiger charge is -2.20. The van der Waals surface area contributed by atoms with E-state index in [1.165, 1.54) is 0 Å². The molecule has 2 atom stereocenters. The Morgan fingerprint density at radius 2 is 1.96 bits per heavy atom. The van der Waals surface area contributed by atoms with Gasteiger partial charge in [-0.05, 0) is 37.6 Å². The molecule has 0 fully saturated rings. The van der Waals surface area contributed by atoms with E-state index in [4.69, 9.17) is 9.47 Å². The first-order valence-electron chi connectivity index (χ1n) is 9.12. The Balaban J connectivity index is 2.09. The van der Waals surface area contributed by atoms with Crippen LogP contribution in [-0.2, 0) is 11.8 Å². The van der Waals surface area contributed by atoms with E-state index in [0.29, 0.717) is 24.0 Å². The number of aryl methyl sites for hydroxylation is 1. The summed E-state index contributed by atoms with van der Waals surface area (Å²) >= 11 is 0. The molecule has 7 nitrogen and oxygen atoms in total. The van der Waals surface area contributed by atoms with Gasteiger partial charge >= 0.3 is 0 Å². The molecule has 0 radical (unpaired) electrons. The smallest absolute Gasteiger partial charge is 0.242 e. The fourth-order valence-corrected chi connectivity index (χ4v) is 2.75. The van der Waals surface area contributed by atoms with Gasteiger partial charge in [-0.2, -0.15) is 5.10 Å². The van der Waals surface area contributed by atoms with Crippen LogP contribution in [0, 0.1) is 5.92 Å². The summed E-state index contributed by atoms with van der Waals surface area (Å²) in [6, 6.07) is 5.09. The number of nitrogens with one attached hydrogen (secondary N) is 2. The van der Waals surface area contributed by atoms with Gasteiger partial charge in [0.1, 0.15) is 6.04 Å². The predicted octanol–water partition coefficient (Wildman–Crippen LogP) is 2.60. The molecule has 0 aliphatic rings. The minimum absolute atomic E-state index is 0.114. The maximum atomic E-state index is 12.7. The van der Waals surface area contributed by atoms with Gasteiger partial charge in [0.05, 0.1) is 26.0 Å². The number of ether oxygens (including phenoxy) is 2. The fraction of sp³-hybridized carbons (Fsp3) is 0.500. The number of amides is 1. The van der Waals surface area contributed by atoms with Crippen LogP contribution in [0.2, 0.25) is 0 Å². The van der Waals surface area contributed by atoms with Crippen LogP contribution < -0.4 is 20.1 Å². The van der Waals surface area contributed by atoms with Crippen LogP contribution in [0.25, 0.3) is 0 Å². The normalized spacial score (nSPS) is 13.3. The summed E-state index contributed by atoms with van der Waals surface area (Å²) < 4.78 is 12.9. The second kappa shape index (κ2) is 9.41. The van der Waals surface area contributed by atoms with E-state index in [9.17, 15) is 4.79 Å². The van der Waals surface area contributed by atoms with Gasteiger partial charge in [-0.1, -0.05) is 19.9 Å². The third kappa shape index (κ3) is 5.47. The highest BCUT2D eigenvalue weighted by Crippen LogP contribution is 2.31. The number of carbonyl (C=O) groups excluding carboxylic acids is 1. The number of aromatic nitrogens is 2. The van der Waals surface area contributed by atoms with Crippen LogP contribution in [0.1, 0.15) is 44.0 Å². The highest BCUT2D eigenvalue weighted by Gasteiger charge is 2.22. The van der Waals surface area contributed by atoms with Crippen LogP contribution >= 0.6 is 0 Å². The number of benzene rings is 1. The topological polar surface area (TPSA) is 77.4 Å². The van der Waals surface area contributed by atoms with Crippen molar-refractivity contribution in [3.8, 4) is 11.5 Å². The van der Waals surface area contributed by atoms with Crippen molar-refractivity contribution in [3.05, 3.63) is 41.7 Å². The highest BCUT2D eigenvalue weighted by atomic mass is 16.5. The van der Waals surface area contributed by atoms with Crippen LogP contribution in [0.15, 0.2) is 30.6 Å². The SMILES string of the molecule is CNC(C(=O)NC(C)c1ccc(OCC(C)C)c(OC)c1)c1cnn(C)c1. The van der Waals surface area contributed by atoms with Gasteiger partial charge < -0.3 is 20.1 Å². The molecular weight excluding hydrogens is 344 g/mol. The second-order valence-electron chi connectivity index (χ2n) is 7.01. The first kappa shape index (κ1) is 20.8. The lowest BCUT2D eigenvalue weighted by molar-refractivity contribution is -0.123. The van der Waals surface area contributed by atoms with Crippen molar-refractivity contribution in [2.45, 2.75) is 32.9 Å². The molecule has 2 N–H and O–H groups in total. The van der Waals surface area contributed by atoms with Gasteiger partial charge in [-0.15, -0.1) is 0 Å². The third-order valence-electron chi connectivity index (χ3n) is 4.23. The molecular formula is C20H30N4O3. The van der Waals surface area contributed by atoms with Crippen molar-refractivity contribution >= 4 is 5.91 Å². The van der Waals surface area contributed by atoms with Crippen molar-refractivity contribution in [2.75, 3.05) is 20.8 Å². The summed E-state index contributed by atoms with van der Waals surface area (Å²) in [6.45, 7) is 6.76. The molecule has 0 bridgehead atoms. The molecule has 1 aromatic heterocycles. The number of hydrogen-bond acceptors (Lipinski definition) is 5. The largest absolute Gasteiger partial charge is 0.493 e. The van der Waals surface area contributed by atoms with Crippen LogP contribution in [0.5, 0.6) is 11.5 Å². The van der Waals surface area contributed by atoms with E-state index >= 15 is 0 Å². The maximum Gasteiger partial charge on any atom is 0.242 e. The average molecular weight is 374 g/mol. The fourth-order valence-electron chi connectivity index (χ4n) is 2.75. The number of hydrogen-bond donors (Lipinski definition) is 2. The predicted molar refractivity (Wildman–Crippen MR) is 105 cm³/mol. The van der Waals surface area contributed by atoms with Crippen molar-refractivity contribution in [1.29, 1.82) is 0 Å². The molecule has 2 rings (SSSR count). The average Bonchev–Trinajstić information content (AvgIpc) is 3.06. The molecule has 2 unspecified atom stereocenters. The number of rotatable bonds is 9. The van der Waals surface area contributed by atoms with Crippen molar-refractivity contribution in [3.63, 3.8) is 0 Å². The monoisotopic (exact) mass is 374 g/mol. The van der Waals surface area contributed by atoms with Gasteiger partial charge in [-0.25, -0.2) is 0 Å². The van der Waals surface area contributed by atoms with Gasteiger partial charge in [0, 0.05) is 18.8 Å². The minimum Gasteiger partial charge on any atom is -0.493 e. The Morgan fingerprint density at radius 1 is 1.22 bits per heavy atom. The van der Waals surface area contributed by atoms with Crippen molar-refractivity contribution < 1.29 is 14.3 Å². The lowest BCUT2D eigenvalue weighted by atomic mass is 10.1. The van der Waals surface area contributed by atoms with E-state index in [2.05, 4.69) is 29.6 Å².